The van der Waals surface area contributed by atoms with Crippen LogP contribution in [0.4, 0.5) is 0 Å². The molecule has 13 heavy (non-hydrogen) atoms. The Morgan fingerprint density at radius 3 is 2.31 bits per heavy atom. The van der Waals surface area contributed by atoms with Crippen LogP contribution in [-0.4, -0.2) is 15.8 Å². The molecule has 2 rings (SSSR count). The first-order chi connectivity index (χ1) is 6.18. The fourth-order valence-corrected chi connectivity index (χ4v) is 1.43. The molecule has 0 bridgehead atoms. The highest BCUT2D eigenvalue weighted by Gasteiger charge is 2.39. The first-order valence-corrected chi connectivity index (χ1v) is 4.68. The lowest BCUT2D eigenvalue weighted by molar-refractivity contribution is 0.140. The largest absolute Gasteiger partial charge is 0.508 e. The number of aliphatic hydroxyl groups is 1. The Morgan fingerprint density at radius 2 is 1.77 bits per heavy atom. The molecule has 1 aromatic rings. The van der Waals surface area contributed by atoms with Crippen LogP contribution in [0.2, 0.25) is 0 Å². The van der Waals surface area contributed by atoms with Crippen molar-refractivity contribution in [2.24, 2.45) is 0 Å². The smallest absolute Gasteiger partial charge is 0.115 e. The van der Waals surface area contributed by atoms with E-state index < -0.39 is 0 Å². The highest BCUT2D eigenvalue weighted by Crippen LogP contribution is 2.39. The van der Waals surface area contributed by atoms with E-state index in [0.717, 1.165) is 25.7 Å². The molecule has 0 heterocycles. The molecule has 0 saturated heterocycles. The summed E-state index contributed by atoms with van der Waals surface area (Å²) in [6.45, 7) is 0. The van der Waals surface area contributed by atoms with Crippen LogP contribution in [0.15, 0.2) is 24.3 Å². The van der Waals surface area contributed by atoms with Crippen LogP contribution in [0.1, 0.15) is 24.8 Å². The van der Waals surface area contributed by atoms with E-state index in [4.69, 9.17) is 5.11 Å². The van der Waals surface area contributed by atoms with Gasteiger partial charge in [-0.15, -0.1) is 0 Å². The van der Waals surface area contributed by atoms with Crippen molar-refractivity contribution < 1.29 is 10.2 Å². The molecule has 2 heteroatoms. The molecule has 0 unspecified atom stereocenters. The Labute approximate surface area is 77.8 Å². The maximum Gasteiger partial charge on any atom is 0.115 e. The molecule has 0 spiro atoms. The molecule has 1 aromatic carbocycles. The standard InChI is InChI=1S/C11H14O2/c12-10-3-1-9(2-4-10)5-6-11(13)7-8-11/h1-4,12-13H,5-8H2. The predicted molar refractivity (Wildman–Crippen MR) is 50.6 cm³/mol. The monoisotopic (exact) mass is 178 g/mol. The zero-order valence-corrected chi connectivity index (χ0v) is 7.53. The molecule has 0 radical (unpaired) electrons. The minimum absolute atomic E-state index is 0.300. The zero-order valence-electron chi connectivity index (χ0n) is 7.53. The minimum Gasteiger partial charge on any atom is -0.508 e. The summed E-state index contributed by atoms with van der Waals surface area (Å²) >= 11 is 0. The topological polar surface area (TPSA) is 40.5 Å². The number of aromatic hydroxyl groups is 1. The first kappa shape index (κ1) is 8.57. The quantitative estimate of drug-likeness (QED) is 0.741. The molecule has 0 atom stereocenters. The van der Waals surface area contributed by atoms with Crippen molar-refractivity contribution in [1.29, 1.82) is 0 Å². The van der Waals surface area contributed by atoms with Gasteiger partial charge < -0.3 is 10.2 Å². The molecule has 2 nitrogen and oxygen atoms in total. The van der Waals surface area contributed by atoms with Crippen LogP contribution < -0.4 is 0 Å². The predicted octanol–water partition coefficient (Wildman–Crippen LogP) is 1.85. The van der Waals surface area contributed by atoms with Crippen molar-refractivity contribution >= 4 is 0 Å². The van der Waals surface area contributed by atoms with Crippen LogP contribution in [0.25, 0.3) is 0 Å². The molecule has 70 valence electrons. The number of aryl methyl sites for hydroxylation is 1. The molecule has 0 aromatic heterocycles. The second kappa shape index (κ2) is 3.04. The van der Waals surface area contributed by atoms with Gasteiger partial charge in [0.2, 0.25) is 0 Å². The Bertz CT molecular complexity index is 285. The third-order valence-electron chi connectivity index (χ3n) is 2.64. The zero-order chi connectivity index (χ0) is 9.31. The Kier molecular flexibility index (Phi) is 2.00. The van der Waals surface area contributed by atoms with E-state index >= 15 is 0 Å². The van der Waals surface area contributed by atoms with Crippen LogP contribution in [0, 0.1) is 0 Å². The van der Waals surface area contributed by atoms with E-state index in [1.54, 1.807) is 12.1 Å². The van der Waals surface area contributed by atoms with E-state index in [1.165, 1.54) is 5.56 Å². The summed E-state index contributed by atoms with van der Waals surface area (Å²) in [5.74, 6) is 0.300. The highest BCUT2D eigenvalue weighted by atomic mass is 16.3. The van der Waals surface area contributed by atoms with Gasteiger partial charge in [0.1, 0.15) is 5.75 Å². The summed E-state index contributed by atoms with van der Waals surface area (Å²) in [5, 5.41) is 18.6. The average molecular weight is 178 g/mol. The SMILES string of the molecule is Oc1ccc(CCC2(O)CC2)cc1. The van der Waals surface area contributed by atoms with Crippen LogP contribution in [-0.2, 0) is 6.42 Å². The van der Waals surface area contributed by atoms with Crippen LogP contribution in [0.3, 0.4) is 0 Å². The van der Waals surface area contributed by atoms with Gasteiger partial charge in [-0.3, -0.25) is 0 Å². The molecule has 0 aliphatic heterocycles. The lowest BCUT2D eigenvalue weighted by atomic mass is 10.1. The number of phenolic OH excluding ortho intramolecular Hbond substituents is 1. The van der Waals surface area contributed by atoms with E-state index in [0.29, 0.717) is 5.75 Å². The minimum atomic E-state index is -0.363. The fourth-order valence-electron chi connectivity index (χ4n) is 1.43. The van der Waals surface area contributed by atoms with Gasteiger partial charge in [0.05, 0.1) is 5.60 Å². The summed E-state index contributed by atoms with van der Waals surface area (Å²) in [4.78, 5) is 0. The number of phenols is 1. The second-order valence-corrected chi connectivity index (χ2v) is 3.89. The molecular weight excluding hydrogens is 164 g/mol. The molecule has 1 aliphatic rings. The van der Waals surface area contributed by atoms with Gasteiger partial charge in [-0.05, 0) is 43.4 Å². The van der Waals surface area contributed by atoms with Gasteiger partial charge in [-0.1, -0.05) is 12.1 Å². The normalized spacial score (nSPS) is 18.5. The van der Waals surface area contributed by atoms with E-state index in [2.05, 4.69) is 0 Å². The maximum atomic E-state index is 9.60. The summed E-state index contributed by atoms with van der Waals surface area (Å²) in [7, 11) is 0. The number of benzene rings is 1. The average Bonchev–Trinajstić information content (AvgIpc) is 2.84. The molecule has 0 amide bonds. The van der Waals surface area contributed by atoms with Gasteiger partial charge in [-0.25, -0.2) is 0 Å². The van der Waals surface area contributed by atoms with Crippen molar-refractivity contribution in [2.75, 3.05) is 0 Å². The van der Waals surface area contributed by atoms with Crippen LogP contribution >= 0.6 is 0 Å². The number of hydrogen-bond acceptors (Lipinski definition) is 2. The Morgan fingerprint density at radius 1 is 1.15 bits per heavy atom. The van der Waals surface area contributed by atoms with E-state index in [1.807, 2.05) is 12.1 Å². The van der Waals surface area contributed by atoms with Crippen molar-refractivity contribution in [3.05, 3.63) is 29.8 Å². The fraction of sp³-hybridized carbons (Fsp3) is 0.455. The Balaban J connectivity index is 1.91. The van der Waals surface area contributed by atoms with Gasteiger partial charge in [0.15, 0.2) is 0 Å². The molecule has 2 N–H and O–H groups in total. The molecule has 1 saturated carbocycles. The van der Waals surface area contributed by atoms with Crippen molar-refractivity contribution in [1.82, 2.24) is 0 Å². The summed E-state index contributed by atoms with van der Waals surface area (Å²) in [6.07, 6.45) is 3.64. The van der Waals surface area contributed by atoms with Crippen molar-refractivity contribution in [3.63, 3.8) is 0 Å². The summed E-state index contributed by atoms with van der Waals surface area (Å²) in [5.41, 5.74) is 0.816. The van der Waals surface area contributed by atoms with Gasteiger partial charge in [0, 0.05) is 0 Å². The Hall–Kier alpha value is -1.02. The van der Waals surface area contributed by atoms with Crippen molar-refractivity contribution in [2.45, 2.75) is 31.3 Å². The first-order valence-electron chi connectivity index (χ1n) is 4.68. The van der Waals surface area contributed by atoms with Crippen LogP contribution in [0.5, 0.6) is 5.75 Å². The van der Waals surface area contributed by atoms with E-state index in [-0.39, 0.29) is 5.60 Å². The van der Waals surface area contributed by atoms with Gasteiger partial charge in [-0.2, -0.15) is 0 Å². The maximum absolute atomic E-state index is 9.60. The molecule has 1 fully saturated rings. The van der Waals surface area contributed by atoms with E-state index in [9.17, 15) is 5.11 Å². The lowest BCUT2D eigenvalue weighted by Gasteiger charge is -2.06. The summed E-state index contributed by atoms with van der Waals surface area (Å²) in [6, 6.07) is 7.18. The van der Waals surface area contributed by atoms with Gasteiger partial charge in [0.25, 0.3) is 0 Å². The number of rotatable bonds is 3. The molecular formula is C11H14O2. The van der Waals surface area contributed by atoms with Crippen molar-refractivity contribution in [3.8, 4) is 5.75 Å². The third kappa shape index (κ3) is 2.22. The second-order valence-electron chi connectivity index (χ2n) is 3.89. The lowest BCUT2D eigenvalue weighted by Crippen LogP contribution is -2.07. The summed E-state index contributed by atoms with van der Waals surface area (Å²) < 4.78 is 0. The molecule has 1 aliphatic carbocycles. The third-order valence-corrected chi connectivity index (χ3v) is 2.64. The highest BCUT2D eigenvalue weighted by molar-refractivity contribution is 5.26. The number of hydrogen-bond donors (Lipinski definition) is 2. The van der Waals surface area contributed by atoms with Gasteiger partial charge >= 0.3 is 0 Å².